The van der Waals surface area contributed by atoms with E-state index in [0.29, 0.717) is 12.8 Å². The molecule has 6 nitrogen and oxygen atoms in total. The summed E-state index contributed by atoms with van der Waals surface area (Å²) in [7, 11) is 1.83. The fourth-order valence-electron chi connectivity index (χ4n) is 7.88. The number of amides is 1. The van der Waals surface area contributed by atoms with Crippen LogP contribution in [-0.2, 0) is 26.2 Å². The first kappa shape index (κ1) is 24.8. The number of likely N-dealkylation sites (N-methyl/N-ethyl adjacent to an activating group) is 1. The molecule has 6 heteroatoms. The molecule has 1 spiro atoms. The van der Waals surface area contributed by atoms with Crippen LogP contribution in [-0.4, -0.2) is 65.6 Å². The Balaban J connectivity index is 1.42. The maximum Gasteiger partial charge on any atom is 0.303 e. The van der Waals surface area contributed by atoms with E-state index in [4.69, 9.17) is 9.47 Å². The van der Waals surface area contributed by atoms with Crippen molar-refractivity contribution in [3.8, 4) is 17.6 Å². The molecule has 4 aliphatic rings. The van der Waals surface area contributed by atoms with Gasteiger partial charge in [-0.3, -0.25) is 14.5 Å². The number of hydrogen-bond donors (Lipinski definition) is 0. The maximum absolute atomic E-state index is 13.4. The molecule has 1 saturated heterocycles. The topological polar surface area (TPSA) is 59.1 Å². The van der Waals surface area contributed by atoms with Gasteiger partial charge in [0.25, 0.3) is 5.91 Å². The smallest absolute Gasteiger partial charge is 0.303 e. The Labute approximate surface area is 224 Å². The average molecular weight is 511 g/mol. The van der Waals surface area contributed by atoms with Gasteiger partial charge in [-0.1, -0.05) is 36.3 Å². The number of hydrogen-bond acceptors (Lipinski definition) is 5. The molecular formula is C32H34N2O4. The molecule has 1 saturated carbocycles. The number of carbonyl (C=O) groups is 2. The quantitative estimate of drug-likeness (QED) is 0.356. The molecule has 0 radical (unpaired) electrons. The molecule has 38 heavy (non-hydrogen) atoms. The van der Waals surface area contributed by atoms with Crippen molar-refractivity contribution >= 4 is 11.9 Å². The second-order valence-corrected chi connectivity index (χ2v) is 11.2. The number of piperidine rings is 1. The van der Waals surface area contributed by atoms with E-state index >= 15 is 0 Å². The Morgan fingerprint density at radius 3 is 2.84 bits per heavy atom. The van der Waals surface area contributed by atoms with Crippen molar-refractivity contribution in [1.82, 2.24) is 9.80 Å². The molecule has 5 atom stereocenters. The molecule has 2 bridgehead atoms. The van der Waals surface area contributed by atoms with E-state index in [0.717, 1.165) is 42.8 Å². The highest BCUT2D eigenvalue weighted by molar-refractivity contribution is 5.94. The van der Waals surface area contributed by atoms with Crippen molar-refractivity contribution < 1.29 is 19.1 Å². The normalized spacial score (nSPS) is 30.2. The number of benzene rings is 2. The molecule has 2 aliphatic carbocycles. The van der Waals surface area contributed by atoms with E-state index in [1.54, 1.807) is 4.90 Å². The van der Waals surface area contributed by atoms with Crippen LogP contribution in [0.15, 0.2) is 55.1 Å². The van der Waals surface area contributed by atoms with Gasteiger partial charge < -0.3 is 14.4 Å². The third-order valence-corrected chi connectivity index (χ3v) is 9.24. The molecule has 0 unspecified atom stereocenters. The van der Waals surface area contributed by atoms with Crippen molar-refractivity contribution in [1.29, 1.82) is 0 Å². The van der Waals surface area contributed by atoms with Crippen molar-refractivity contribution in [3.05, 3.63) is 77.4 Å². The summed E-state index contributed by atoms with van der Waals surface area (Å²) in [6.07, 6.45) is 4.51. The average Bonchev–Trinajstić information content (AvgIpc) is 3.23. The van der Waals surface area contributed by atoms with Crippen LogP contribution in [0.1, 0.15) is 48.4 Å². The maximum atomic E-state index is 13.4. The first-order valence-corrected chi connectivity index (χ1v) is 13.5. The second-order valence-electron chi connectivity index (χ2n) is 11.2. The van der Waals surface area contributed by atoms with Gasteiger partial charge in [-0.25, -0.2) is 0 Å². The Kier molecular flexibility index (Phi) is 5.88. The molecule has 2 aromatic carbocycles. The summed E-state index contributed by atoms with van der Waals surface area (Å²) >= 11 is 0. The summed E-state index contributed by atoms with van der Waals surface area (Å²) in [6, 6.07) is 13.9. The fourth-order valence-corrected chi connectivity index (χ4v) is 7.88. The standard InChI is InChI=1S/C32H34N2O4/c1-5-17-34-18-16-31-29-24-10-7-11-26(29)37-30(31)25(14-15-32(31,27(34)20-24)38-22(3)35)33(4)28(36)13-12-23-9-6-8-21(2)19-23/h5-11,19,25,27,30H,1,14-18,20H2,2-4H3/t25-,27-,30+,31+,32-/m1/s1. The molecular weight excluding hydrogens is 476 g/mol. The van der Waals surface area contributed by atoms with Gasteiger partial charge >= 0.3 is 5.97 Å². The van der Waals surface area contributed by atoms with Crippen LogP contribution in [0.25, 0.3) is 0 Å². The van der Waals surface area contributed by atoms with E-state index in [2.05, 4.69) is 29.4 Å². The minimum atomic E-state index is -0.724. The van der Waals surface area contributed by atoms with Crippen LogP contribution < -0.4 is 4.74 Å². The lowest BCUT2D eigenvalue weighted by Crippen LogP contribution is -2.79. The molecule has 2 heterocycles. The van der Waals surface area contributed by atoms with Crippen LogP contribution in [0.2, 0.25) is 0 Å². The predicted molar refractivity (Wildman–Crippen MR) is 145 cm³/mol. The van der Waals surface area contributed by atoms with Crippen molar-refractivity contribution in [2.24, 2.45) is 0 Å². The largest absolute Gasteiger partial charge is 0.487 e. The zero-order chi connectivity index (χ0) is 26.7. The van der Waals surface area contributed by atoms with Gasteiger partial charge in [-0.2, -0.15) is 0 Å². The second kappa shape index (κ2) is 9.03. The number of nitrogens with zero attached hydrogens (tertiary/aromatic N) is 2. The van der Waals surface area contributed by atoms with Crippen molar-refractivity contribution in [3.63, 3.8) is 0 Å². The van der Waals surface area contributed by atoms with Crippen LogP contribution in [0, 0.1) is 18.8 Å². The highest BCUT2D eigenvalue weighted by atomic mass is 16.6. The van der Waals surface area contributed by atoms with Crippen LogP contribution in [0.4, 0.5) is 0 Å². The molecule has 1 amide bonds. The minimum absolute atomic E-state index is 0.0215. The van der Waals surface area contributed by atoms with Gasteiger partial charge in [0.05, 0.1) is 17.5 Å². The van der Waals surface area contributed by atoms with Crippen molar-refractivity contribution in [2.45, 2.75) is 68.7 Å². The summed E-state index contributed by atoms with van der Waals surface area (Å²) in [6.45, 7) is 9.09. The van der Waals surface area contributed by atoms with E-state index in [1.807, 2.05) is 56.4 Å². The highest BCUT2D eigenvalue weighted by Gasteiger charge is 2.75. The third kappa shape index (κ3) is 3.45. The summed E-state index contributed by atoms with van der Waals surface area (Å²) in [5.41, 5.74) is 3.11. The number of esters is 1. The van der Waals surface area contributed by atoms with Crippen molar-refractivity contribution in [2.75, 3.05) is 20.1 Å². The molecule has 0 N–H and O–H groups in total. The van der Waals surface area contributed by atoms with Gasteiger partial charge in [0, 0.05) is 44.1 Å². The minimum Gasteiger partial charge on any atom is -0.487 e. The third-order valence-electron chi connectivity index (χ3n) is 9.24. The number of aryl methyl sites for hydroxylation is 1. The van der Waals surface area contributed by atoms with Gasteiger partial charge in [0.1, 0.15) is 17.5 Å². The van der Waals surface area contributed by atoms with Crippen LogP contribution >= 0.6 is 0 Å². The van der Waals surface area contributed by atoms with E-state index < -0.39 is 11.0 Å². The molecule has 2 fully saturated rings. The zero-order valence-corrected chi connectivity index (χ0v) is 22.3. The Morgan fingerprint density at radius 1 is 1.26 bits per heavy atom. The molecule has 6 rings (SSSR count). The highest BCUT2D eigenvalue weighted by Crippen LogP contribution is 2.65. The molecule has 0 aromatic heterocycles. The fraction of sp³-hybridized carbons (Fsp3) is 0.438. The number of ether oxygens (including phenoxy) is 2. The van der Waals surface area contributed by atoms with Gasteiger partial charge in [0.2, 0.25) is 0 Å². The molecule has 2 aliphatic heterocycles. The first-order chi connectivity index (χ1) is 18.3. The summed E-state index contributed by atoms with van der Waals surface area (Å²) < 4.78 is 13.2. The summed E-state index contributed by atoms with van der Waals surface area (Å²) in [4.78, 5) is 30.2. The lowest BCUT2D eigenvalue weighted by atomic mass is 9.48. The Hall–Kier alpha value is -3.56. The summed E-state index contributed by atoms with van der Waals surface area (Å²) in [5, 5.41) is 0. The molecule has 196 valence electrons. The van der Waals surface area contributed by atoms with Gasteiger partial charge in [-0.15, -0.1) is 6.58 Å². The Morgan fingerprint density at radius 2 is 2.08 bits per heavy atom. The van der Waals surface area contributed by atoms with E-state index in [9.17, 15) is 9.59 Å². The van der Waals surface area contributed by atoms with Gasteiger partial charge in [-0.05, 0) is 61.9 Å². The summed E-state index contributed by atoms with van der Waals surface area (Å²) in [5.74, 6) is 6.25. The monoisotopic (exact) mass is 510 g/mol. The van der Waals surface area contributed by atoms with Gasteiger partial charge in [0.15, 0.2) is 0 Å². The van der Waals surface area contributed by atoms with E-state index in [-0.39, 0.29) is 30.1 Å². The molecule has 2 aromatic rings. The zero-order valence-electron chi connectivity index (χ0n) is 22.3. The predicted octanol–water partition coefficient (Wildman–Crippen LogP) is 3.78. The first-order valence-electron chi connectivity index (χ1n) is 13.5. The Bertz CT molecular complexity index is 1390. The number of rotatable bonds is 4. The van der Waals surface area contributed by atoms with Crippen LogP contribution in [0.3, 0.4) is 0 Å². The SMILES string of the molecule is C=CCN1CC[C@]23c4c5cccc4O[C@H]2[C@H](N(C)C(=O)C#Cc2cccc(C)c2)CC[C@@]3(OC(C)=O)[C@H]1C5. The van der Waals surface area contributed by atoms with Crippen LogP contribution in [0.5, 0.6) is 5.75 Å². The number of carbonyl (C=O) groups excluding carboxylic acids is 2. The lowest BCUT2D eigenvalue weighted by Gasteiger charge is -2.65. The van der Waals surface area contributed by atoms with E-state index in [1.165, 1.54) is 18.1 Å². The number of likely N-dealkylation sites (tertiary alicyclic amines) is 1. The lowest BCUT2D eigenvalue weighted by molar-refractivity contribution is -0.222.